The summed E-state index contributed by atoms with van der Waals surface area (Å²) in [5.41, 5.74) is 0.973. The summed E-state index contributed by atoms with van der Waals surface area (Å²) in [6.45, 7) is 0.441. The van der Waals surface area contributed by atoms with Crippen molar-refractivity contribution >= 4 is 29.8 Å². The van der Waals surface area contributed by atoms with Crippen LogP contribution in [0.5, 0.6) is 11.5 Å². The molecule has 1 heterocycles. The molecule has 0 bridgehead atoms. The van der Waals surface area contributed by atoms with Gasteiger partial charge in [0.1, 0.15) is 11.6 Å². The first-order chi connectivity index (χ1) is 16.9. The quantitative estimate of drug-likeness (QED) is 0.137. The van der Waals surface area contributed by atoms with Crippen LogP contribution < -0.4 is 14.8 Å². The number of esters is 1. The molecule has 0 aliphatic carbocycles. The third kappa shape index (κ3) is 5.90. The van der Waals surface area contributed by atoms with Gasteiger partial charge in [-0.1, -0.05) is 18.2 Å². The maximum Gasteiger partial charge on any atom is 0.313 e. The Hall–Kier alpha value is -4.49. The minimum Gasteiger partial charge on any atom is -0.493 e. The van der Waals surface area contributed by atoms with Crippen molar-refractivity contribution in [1.29, 1.82) is 5.26 Å². The van der Waals surface area contributed by atoms with E-state index in [1.54, 1.807) is 30.3 Å². The number of nitrogens with one attached hydrogen (secondary N) is 1. The van der Waals surface area contributed by atoms with Crippen LogP contribution in [-0.2, 0) is 14.3 Å². The van der Waals surface area contributed by atoms with Crippen molar-refractivity contribution in [2.45, 2.75) is 6.42 Å². The number of carbonyl (C=O) groups is 4. The largest absolute Gasteiger partial charge is 0.493 e. The first kappa shape index (κ1) is 25.1. The highest BCUT2D eigenvalue weighted by atomic mass is 16.6. The molecule has 0 aromatic heterocycles. The average molecular weight is 477 g/mol. The SMILES string of the molecule is COCCNC(=O)/C(C#N)=C/c1ccc(OC(=O)CCN2C(=O)c3ccccc3C2=O)c(OC)c1. The highest BCUT2D eigenvalue weighted by Gasteiger charge is 2.35. The van der Waals surface area contributed by atoms with Crippen molar-refractivity contribution in [3.8, 4) is 17.6 Å². The third-order valence-electron chi connectivity index (χ3n) is 5.10. The minimum absolute atomic E-state index is 0.111. The van der Waals surface area contributed by atoms with Gasteiger partial charge in [0.15, 0.2) is 11.5 Å². The molecule has 0 radical (unpaired) electrons. The van der Waals surface area contributed by atoms with Crippen LogP contribution >= 0.6 is 0 Å². The summed E-state index contributed by atoms with van der Waals surface area (Å²) in [6, 6.07) is 12.8. The van der Waals surface area contributed by atoms with Gasteiger partial charge in [-0.25, -0.2) is 0 Å². The van der Waals surface area contributed by atoms with Crippen LogP contribution in [0, 0.1) is 11.3 Å². The van der Waals surface area contributed by atoms with Gasteiger partial charge < -0.3 is 19.5 Å². The summed E-state index contributed by atoms with van der Waals surface area (Å²) < 4.78 is 15.5. The number of ether oxygens (including phenoxy) is 3. The number of nitriles is 1. The van der Waals surface area contributed by atoms with Gasteiger partial charge in [-0.3, -0.25) is 24.1 Å². The summed E-state index contributed by atoms with van der Waals surface area (Å²) >= 11 is 0. The number of carbonyl (C=O) groups excluding carboxylic acids is 4. The van der Waals surface area contributed by atoms with Crippen molar-refractivity contribution in [3.63, 3.8) is 0 Å². The Balaban J connectivity index is 1.64. The Morgan fingerprint density at radius 2 is 1.74 bits per heavy atom. The molecule has 1 aliphatic rings. The summed E-state index contributed by atoms with van der Waals surface area (Å²) in [4.78, 5) is 50.4. The van der Waals surface area contributed by atoms with Crippen LogP contribution in [0.15, 0.2) is 48.0 Å². The maximum absolute atomic E-state index is 12.4. The molecule has 1 aliphatic heterocycles. The van der Waals surface area contributed by atoms with Gasteiger partial charge in [-0.05, 0) is 35.9 Å². The number of imide groups is 1. The Kier molecular flexibility index (Phi) is 8.32. The molecular weight excluding hydrogens is 454 g/mol. The van der Waals surface area contributed by atoms with Gasteiger partial charge in [-0.15, -0.1) is 0 Å². The van der Waals surface area contributed by atoms with Crippen molar-refractivity contribution in [2.24, 2.45) is 0 Å². The van der Waals surface area contributed by atoms with Gasteiger partial charge in [0.2, 0.25) is 0 Å². The first-order valence-corrected chi connectivity index (χ1v) is 10.6. The standard InChI is InChI=1S/C25H23N3O7/c1-33-12-10-27-23(30)17(15-26)13-16-7-8-20(21(14-16)34-2)35-22(29)9-11-28-24(31)18-5-3-4-6-19(18)25(28)32/h3-8,13-14H,9-12H2,1-2H3,(H,27,30)/b17-13+. The lowest BCUT2D eigenvalue weighted by Gasteiger charge is -2.14. The van der Waals surface area contributed by atoms with Gasteiger partial charge in [0.25, 0.3) is 17.7 Å². The summed E-state index contributed by atoms with van der Waals surface area (Å²) in [7, 11) is 2.87. The van der Waals surface area contributed by atoms with Gasteiger partial charge in [0, 0.05) is 20.2 Å². The summed E-state index contributed by atoms with van der Waals surface area (Å²) in [5.74, 6) is -1.81. The molecule has 2 aromatic rings. The Labute approximate surface area is 201 Å². The van der Waals surface area contributed by atoms with E-state index in [2.05, 4.69) is 5.32 Å². The number of hydrogen-bond acceptors (Lipinski definition) is 8. The van der Waals surface area contributed by atoms with E-state index in [9.17, 15) is 24.4 Å². The molecule has 10 nitrogen and oxygen atoms in total. The molecule has 3 amide bonds. The molecule has 3 rings (SSSR count). The van der Waals surface area contributed by atoms with E-state index in [1.807, 2.05) is 6.07 Å². The summed E-state index contributed by atoms with van der Waals surface area (Å²) in [5, 5.41) is 11.9. The molecule has 0 saturated carbocycles. The normalized spacial score (nSPS) is 12.7. The lowest BCUT2D eigenvalue weighted by Crippen LogP contribution is -2.32. The number of fused-ring (bicyclic) bond motifs is 1. The zero-order valence-electron chi connectivity index (χ0n) is 19.2. The molecule has 1 N–H and O–H groups in total. The second-order valence-electron chi connectivity index (χ2n) is 7.36. The van der Waals surface area contributed by atoms with E-state index >= 15 is 0 Å². The van der Waals surface area contributed by atoms with Gasteiger partial charge in [-0.2, -0.15) is 5.26 Å². The van der Waals surface area contributed by atoms with Crippen LogP contribution in [0.25, 0.3) is 6.08 Å². The van der Waals surface area contributed by atoms with Gasteiger partial charge >= 0.3 is 5.97 Å². The predicted molar refractivity (Wildman–Crippen MR) is 124 cm³/mol. The fourth-order valence-corrected chi connectivity index (χ4v) is 3.35. The van der Waals surface area contributed by atoms with Crippen LogP contribution in [0.1, 0.15) is 32.7 Å². The van der Waals surface area contributed by atoms with Crippen molar-refractivity contribution in [1.82, 2.24) is 10.2 Å². The first-order valence-electron chi connectivity index (χ1n) is 10.6. The molecule has 0 spiro atoms. The van der Waals surface area contributed by atoms with Crippen LogP contribution in [0.4, 0.5) is 0 Å². The highest BCUT2D eigenvalue weighted by molar-refractivity contribution is 6.21. The minimum atomic E-state index is -0.668. The number of nitrogens with zero attached hydrogens (tertiary/aromatic N) is 2. The van der Waals surface area contributed by atoms with E-state index in [4.69, 9.17) is 14.2 Å². The molecule has 0 fully saturated rings. The third-order valence-corrected chi connectivity index (χ3v) is 5.10. The average Bonchev–Trinajstić information content (AvgIpc) is 3.11. The molecule has 35 heavy (non-hydrogen) atoms. The molecule has 2 aromatic carbocycles. The lowest BCUT2D eigenvalue weighted by atomic mass is 10.1. The maximum atomic E-state index is 12.4. The number of hydrogen-bond donors (Lipinski definition) is 1. The molecule has 180 valence electrons. The van der Waals surface area contributed by atoms with Crippen LogP contribution in [0.2, 0.25) is 0 Å². The topological polar surface area (TPSA) is 135 Å². The predicted octanol–water partition coefficient (Wildman–Crippen LogP) is 1.96. The van der Waals surface area contributed by atoms with Gasteiger partial charge in [0.05, 0.1) is 31.3 Å². The van der Waals surface area contributed by atoms with E-state index in [1.165, 1.54) is 32.4 Å². The fraction of sp³-hybridized carbons (Fsp3) is 0.240. The molecule has 10 heteroatoms. The second-order valence-corrected chi connectivity index (χ2v) is 7.36. The second kappa shape index (κ2) is 11.6. The van der Waals surface area contributed by atoms with Crippen molar-refractivity contribution in [2.75, 3.05) is 33.9 Å². The number of methoxy groups -OCH3 is 2. The van der Waals surface area contributed by atoms with Crippen LogP contribution in [0.3, 0.4) is 0 Å². The van der Waals surface area contributed by atoms with E-state index in [0.717, 1.165) is 4.90 Å². The van der Waals surface area contributed by atoms with Crippen molar-refractivity contribution < 1.29 is 33.4 Å². The van der Waals surface area contributed by atoms with Crippen molar-refractivity contribution in [3.05, 3.63) is 64.7 Å². The molecular formula is C25H23N3O7. The zero-order valence-corrected chi connectivity index (χ0v) is 19.2. The van der Waals surface area contributed by atoms with E-state index < -0.39 is 23.7 Å². The molecule has 0 atom stereocenters. The van der Waals surface area contributed by atoms with Crippen LogP contribution in [-0.4, -0.2) is 62.5 Å². The zero-order chi connectivity index (χ0) is 25.4. The number of amides is 3. The number of rotatable bonds is 10. The molecule has 0 saturated heterocycles. The van der Waals surface area contributed by atoms with E-state index in [0.29, 0.717) is 23.3 Å². The highest BCUT2D eigenvalue weighted by Crippen LogP contribution is 2.29. The Morgan fingerprint density at radius 1 is 1.06 bits per heavy atom. The molecule has 0 unspecified atom stereocenters. The summed E-state index contributed by atoms with van der Waals surface area (Å²) in [6.07, 6.45) is 1.16. The fourth-order valence-electron chi connectivity index (χ4n) is 3.35. The monoisotopic (exact) mass is 477 g/mol. The smallest absolute Gasteiger partial charge is 0.313 e. The lowest BCUT2D eigenvalue weighted by molar-refractivity contribution is -0.134. The Morgan fingerprint density at radius 3 is 2.34 bits per heavy atom. The number of benzene rings is 2. The Bertz CT molecular complexity index is 1190. The van der Waals surface area contributed by atoms with E-state index in [-0.39, 0.29) is 36.6 Å².